The van der Waals surface area contributed by atoms with Gasteiger partial charge >= 0.3 is 0 Å². The minimum atomic E-state index is -0.236. The average Bonchev–Trinajstić information content (AvgIpc) is 3.03. The van der Waals surface area contributed by atoms with Crippen LogP contribution in [0.2, 0.25) is 5.02 Å². The molecule has 0 bridgehead atoms. The topological polar surface area (TPSA) is 52.2 Å². The molecule has 5 nitrogen and oxygen atoms in total. The number of nitrogens with zero attached hydrogens (tertiary/aromatic N) is 3. The van der Waals surface area contributed by atoms with E-state index in [0.717, 1.165) is 31.8 Å². The van der Waals surface area contributed by atoms with E-state index in [1.807, 2.05) is 0 Å². The van der Waals surface area contributed by atoms with Gasteiger partial charge in [0.05, 0.1) is 0 Å². The van der Waals surface area contributed by atoms with Gasteiger partial charge in [-0.15, -0.1) is 0 Å². The molecule has 0 aromatic carbocycles. The molecule has 0 unspecified atom stereocenters. The Labute approximate surface area is 136 Å². The normalized spacial score (nSPS) is 20.7. The van der Waals surface area contributed by atoms with Crippen molar-refractivity contribution in [3.63, 3.8) is 0 Å². The van der Waals surface area contributed by atoms with Crippen molar-refractivity contribution in [2.24, 2.45) is 5.92 Å². The molecular weight excluding hydrogens is 300 g/mol. The zero-order valence-electron chi connectivity index (χ0n) is 13.3. The fourth-order valence-corrected chi connectivity index (χ4v) is 3.78. The number of hydrogen-bond donors (Lipinski definition) is 1. The van der Waals surface area contributed by atoms with E-state index in [2.05, 4.69) is 19.8 Å². The first-order valence-electron chi connectivity index (χ1n) is 8.37. The molecule has 1 aromatic heterocycles. The highest BCUT2D eigenvalue weighted by atomic mass is 35.5. The maximum Gasteiger partial charge on any atom is 0.271 e. The van der Waals surface area contributed by atoms with Crippen molar-refractivity contribution in [1.29, 1.82) is 0 Å². The maximum absolute atomic E-state index is 11.8. The van der Waals surface area contributed by atoms with E-state index in [0.29, 0.717) is 11.6 Å². The molecule has 6 heteroatoms. The van der Waals surface area contributed by atoms with Crippen LogP contribution in [0.1, 0.15) is 37.9 Å². The summed E-state index contributed by atoms with van der Waals surface area (Å²) in [6.45, 7) is 7.49. The zero-order chi connectivity index (χ0) is 15.5. The highest BCUT2D eigenvalue weighted by molar-refractivity contribution is 6.32. The van der Waals surface area contributed by atoms with Crippen molar-refractivity contribution in [3.8, 4) is 0 Å². The van der Waals surface area contributed by atoms with Crippen molar-refractivity contribution < 1.29 is 0 Å². The van der Waals surface area contributed by atoms with Gasteiger partial charge in [-0.1, -0.05) is 11.6 Å². The molecule has 0 saturated carbocycles. The number of halogens is 1. The lowest BCUT2D eigenvalue weighted by molar-refractivity contribution is 0.280. The average molecular weight is 325 g/mol. The minimum Gasteiger partial charge on any atom is -0.355 e. The summed E-state index contributed by atoms with van der Waals surface area (Å²) in [7, 11) is 0. The molecule has 1 aromatic rings. The smallest absolute Gasteiger partial charge is 0.271 e. The molecule has 2 aliphatic rings. The van der Waals surface area contributed by atoms with Crippen molar-refractivity contribution in [2.75, 3.05) is 37.6 Å². The van der Waals surface area contributed by atoms with Gasteiger partial charge < -0.3 is 14.8 Å². The Hall–Kier alpha value is -1.07. The molecule has 2 aliphatic heterocycles. The van der Waals surface area contributed by atoms with Gasteiger partial charge in [-0.05, 0) is 64.6 Å². The number of aryl methyl sites for hydroxylation is 1. The van der Waals surface area contributed by atoms with Crippen LogP contribution in [0, 0.1) is 12.8 Å². The molecule has 0 aliphatic carbocycles. The fourth-order valence-electron chi connectivity index (χ4n) is 3.57. The summed E-state index contributed by atoms with van der Waals surface area (Å²) < 4.78 is 0. The number of H-pyrrole nitrogens is 1. The van der Waals surface area contributed by atoms with Crippen LogP contribution in [0.3, 0.4) is 0 Å². The summed E-state index contributed by atoms with van der Waals surface area (Å²) in [6.07, 6.45) is 6.35. The van der Waals surface area contributed by atoms with Gasteiger partial charge in [-0.3, -0.25) is 4.79 Å². The van der Waals surface area contributed by atoms with Gasteiger partial charge in [0.25, 0.3) is 5.56 Å². The second kappa shape index (κ2) is 7.01. The number of piperidine rings is 1. The monoisotopic (exact) mass is 324 g/mol. The van der Waals surface area contributed by atoms with Crippen LogP contribution in [0.4, 0.5) is 5.82 Å². The second-order valence-corrected chi connectivity index (χ2v) is 6.93. The lowest BCUT2D eigenvalue weighted by Crippen LogP contribution is -2.36. The van der Waals surface area contributed by atoms with Crippen molar-refractivity contribution in [2.45, 2.75) is 39.0 Å². The molecule has 2 saturated heterocycles. The first-order valence-corrected chi connectivity index (χ1v) is 8.75. The molecule has 122 valence electrons. The van der Waals surface area contributed by atoms with E-state index in [-0.39, 0.29) is 10.6 Å². The zero-order valence-corrected chi connectivity index (χ0v) is 14.0. The molecular formula is C16H25ClN4O. The third-order valence-electron chi connectivity index (χ3n) is 4.93. The number of likely N-dealkylation sites (tertiary alicyclic amines) is 1. The number of hydrogen-bond acceptors (Lipinski definition) is 4. The van der Waals surface area contributed by atoms with Crippen molar-refractivity contribution >= 4 is 17.4 Å². The van der Waals surface area contributed by atoms with Gasteiger partial charge in [-0.25, -0.2) is 4.98 Å². The molecule has 0 atom stereocenters. The van der Waals surface area contributed by atoms with Gasteiger partial charge in [0.1, 0.15) is 10.8 Å². The highest BCUT2D eigenvalue weighted by Crippen LogP contribution is 2.27. The molecule has 3 rings (SSSR count). The Kier molecular flexibility index (Phi) is 5.03. The molecule has 2 fully saturated rings. The predicted molar refractivity (Wildman–Crippen MR) is 89.8 cm³/mol. The number of aromatic nitrogens is 2. The maximum atomic E-state index is 11.8. The van der Waals surface area contributed by atoms with Gasteiger partial charge in [-0.2, -0.15) is 0 Å². The van der Waals surface area contributed by atoms with Crippen LogP contribution in [0.25, 0.3) is 0 Å². The summed E-state index contributed by atoms with van der Waals surface area (Å²) in [5.74, 6) is 2.07. The van der Waals surface area contributed by atoms with E-state index < -0.39 is 0 Å². The summed E-state index contributed by atoms with van der Waals surface area (Å²) in [5, 5.41) is 0.223. The molecule has 0 radical (unpaired) electrons. The fraction of sp³-hybridized carbons (Fsp3) is 0.750. The Morgan fingerprint density at radius 1 is 1.23 bits per heavy atom. The van der Waals surface area contributed by atoms with E-state index in [1.54, 1.807) is 6.92 Å². The summed E-state index contributed by atoms with van der Waals surface area (Å²) in [5.41, 5.74) is -0.236. The number of anilines is 1. The van der Waals surface area contributed by atoms with Crippen molar-refractivity contribution in [1.82, 2.24) is 14.9 Å². The summed E-state index contributed by atoms with van der Waals surface area (Å²) >= 11 is 6.13. The first kappa shape index (κ1) is 15.8. The van der Waals surface area contributed by atoms with E-state index in [4.69, 9.17) is 11.6 Å². The molecule has 22 heavy (non-hydrogen) atoms. The Balaban J connectivity index is 1.54. The van der Waals surface area contributed by atoms with Crippen LogP contribution < -0.4 is 10.5 Å². The van der Waals surface area contributed by atoms with Gasteiger partial charge in [0.15, 0.2) is 5.82 Å². The summed E-state index contributed by atoms with van der Waals surface area (Å²) in [4.78, 5) is 23.6. The molecule has 1 N–H and O–H groups in total. The quantitative estimate of drug-likeness (QED) is 0.924. The summed E-state index contributed by atoms with van der Waals surface area (Å²) in [6, 6.07) is 0. The largest absolute Gasteiger partial charge is 0.355 e. The first-order chi connectivity index (χ1) is 10.6. The minimum absolute atomic E-state index is 0.223. The SMILES string of the molecule is Cc1nc(N2CCC(CCN3CCCC3)CC2)c(Cl)c(=O)[nH]1. The van der Waals surface area contributed by atoms with Crippen LogP contribution in [-0.4, -0.2) is 47.6 Å². The Morgan fingerprint density at radius 3 is 2.59 bits per heavy atom. The van der Waals surface area contributed by atoms with Crippen molar-refractivity contribution in [3.05, 3.63) is 21.2 Å². The standard InChI is InChI=1S/C16H25ClN4O/c1-12-18-15(14(17)16(22)19-12)21-10-5-13(6-11-21)4-9-20-7-2-3-8-20/h13H,2-11H2,1H3,(H,18,19,22). The van der Waals surface area contributed by atoms with E-state index in [1.165, 1.54) is 38.9 Å². The van der Waals surface area contributed by atoms with Crippen LogP contribution in [0.5, 0.6) is 0 Å². The number of nitrogens with one attached hydrogen (secondary N) is 1. The Morgan fingerprint density at radius 2 is 1.91 bits per heavy atom. The third-order valence-corrected chi connectivity index (χ3v) is 5.27. The highest BCUT2D eigenvalue weighted by Gasteiger charge is 2.23. The van der Waals surface area contributed by atoms with E-state index >= 15 is 0 Å². The molecule has 0 amide bonds. The second-order valence-electron chi connectivity index (χ2n) is 6.56. The Bertz CT molecular complexity index is 560. The van der Waals surface area contributed by atoms with E-state index in [9.17, 15) is 4.79 Å². The molecule has 3 heterocycles. The van der Waals surface area contributed by atoms with Crippen LogP contribution in [0.15, 0.2) is 4.79 Å². The number of rotatable bonds is 4. The van der Waals surface area contributed by atoms with Crippen LogP contribution >= 0.6 is 11.6 Å². The lowest BCUT2D eigenvalue weighted by atomic mass is 9.93. The van der Waals surface area contributed by atoms with Gasteiger partial charge in [0.2, 0.25) is 0 Å². The number of aromatic amines is 1. The third kappa shape index (κ3) is 3.63. The predicted octanol–water partition coefficient (Wildman–Crippen LogP) is 2.43. The lowest BCUT2D eigenvalue weighted by Gasteiger charge is -2.33. The van der Waals surface area contributed by atoms with Crippen LogP contribution in [-0.2, 0) is 0 Å². The molecule has 0 spiro atoms. The van der Waals surface area contributed by atoms with Gasteiger partial charge in [0, 0.05) is 13.1 Å².